The SMILES string of the molecule is CCOc1ccc(NC(C)c2ccc(C)cc2C)cc1Cl. The first-order chi connectivity index (χ1) is 10.0. The van der Waals surface area contributed by atoms with Gasteiger partial charge in [0.15, 0.2) is 0 Å². The molecule has 21 heavy (non-hydrogen) atoms. The summed E-state index contributed by atoms with van der Waals surface area (Å²) in [5.41, 5.74) is 4.88. The molecule has 0 aromatic heterocycles. The second kappa shape index (κ2) is 6.86. The quantitative estimate of drug-likeness (QED) is 0.784. The van der Waals surface area contributed by atoms with Crippen molar-refractivity contribution in [1.82, 2.24) is 0 Å². The molecular weight excluding hydrogens is 282 g/mol. The lowest BCUT2D eigenvalue weighted by Crippen LogP contribution is -2.08. The van der Waals surface area contributed by atoms with Crippen LogP contribution in [0.3, 0.4) is 0 Å². The molecule has 0 radical (unpaired) electrons. The summed E-state index contributed by atoms with van der Waals surface area (Å²) < 4.78 is 5.45. The van der Waals surface area contributed by atoms with Gasteiger partial charge >= 0.3 is 0 Å². The molecule has 2 rings (SSSR count). The highest BCUT2D eigenvalue weighted by Crippen LogP contribution is 2.30. The van der Waals surface area contributed by atoms with Crippen molar-refractivity contribution in [2.45, 2.75) is 33.7 Å². The summed E-state index contributed by atoms with van der Waals surface area (Å²) in [6, 6.07) is 12.6. The molecule has 0 aliphatic heterocycles. The Morgan fingerprint density at radius 2 is 1.90 bits per heavy atom. The van der Waals surface area contributed by atoms with Crippen molar-refractivity contribution in [1.29, 1.82) is 0 Å². The van der Waals surface area contributed by atoms with Crippen LogP contribution in [-0.4, -0.2) is 6.61 Å². The summed E-state index contributed by atoms with van der Waals surface area (Å²) >= 11 is 6.22. The van der Waals surface area contributed by atoms with Gasteiger partial charge in [0, 0.05) is 11.7 Å². The lowest BCUT2D eigenvalue weighted by molar-refractivity contribution is 0.340. The number of rotatable bonds is 5. The molecular formula is C18H22ClNO. The number of anilines is 1. The fourth-order valence-corrected chi connectivity index (χ4v) is 2.74. The summed E-state index contributed by atoms with van der Waals surface area (Å²) in [4.78, 5) is 0. The molecule has 0 aliphatic rings. The molecule has 0 aliphatic carbocycles. The average Bonchev–Trinajstić information content (AvgIpc) is 2.41. The largest absolute Gasteiger partial charge is 0.492 e. The van der Waals surface area contributed by atoms with E-state index >= 15 is 0 Å². The Balaban J connectivity index is 2.15. The zero-order chi connectivity index (χ0) is 15.4. The lowest BCUT2D eigenvalue weighted by atomic mass is 10.00. The summed E-state index contributed by atoms with van der Waals surface area (Å²) in [6.45, 7) is 8.98. The Hall–Kier alpha value is -1.67. The number of ether oxygens (including phenoxy) is 1. The number of benzene rings is 2. The van der Waals surface area contributed by atoms with E-state index in [2.05, 4.69) is 44.3 Å². The Labute approximate surface area is 132 Å². The molecule has 2 aromatic rings. The maximum atomic E-state index is 6.22. The van der Waals surface area contributed by atoms with Crippen LogP contribution in [-0.2, 0) is 0 Å². The Morgan fingerprint density at radius 1 is 1.14 bits per heavy atom. The first-order valence-corrected chi connectivity index (χ1v) is 7.65. The number of halogens is 1. The van der Waals surface area contributed by atoms with Crippen LogP contribution >= 0.6 is 11.6 Å². The third-order valence-electron chi connectivity index (χ3n) is 3.51. The molecule has 1 unspecified atom stereocenters. The molecule has 2 nitrogen and oxygen atoms in total. The number of nitrogens with one attached hydrogen (secondary N) is 1. The molecule has 3 heteroatoms. The van der Waals surface area contributed by atoms with E-state index in [1.54, 1.807) is 0 Å². The van der Waals surface area contributed by atoms with Gasteiger partial charge in [-0.25, -0.2) is 0 Å². The van der Waals surface area contributed by atoms with Gasteiger partial charge in [0.05, 0.1) is 11.6 Å². The minimum absolute atomic E-state index is 0.222. The normalized spacial score (nSPS) is 12.0. The zero-order valence-corrected chi connectivity index (χ0v) is 13.8. The Morgan fingerprint density at radius 3 is 2.52 bits per heavy atom. The minimum atomic E-state index is 0.222. The first-order valence-electron chi connectivity index (χ1n) is 7.27. The van der Waals surface area contributed by atoms with Gasteiger partial charge in [-0.1, -0.05) is 35.4 Å². The third kappa shape index (κ3) is 3.92. The van der Waals surface area contributed by atoms with E-state index in [-0.39, 0.29) is 6.04 Å². The van der Waals surface area contributed by atoms with Gasteiger partial charge in [0.25, 0.3) is 0 Å². The molecule has 1 N–H and O–H groups in total. The topological polar surface area (TPSA) is 21.3 Å². The smallest absolute Gasteiger partial charge is 0.138 e. The molecule has 0 heterocycles. The van der Waals surface area contributed by atoms with E-state index in [0.29, 0.717) is 11.6 Å². The van der Waals surface area contributed by atoms with E-state index < -0.39 is 0 Å². The van der Waals surface area contributed by atoms with Crippen molar-refractivity contribution >= 4 is 17.3 Å². The summed E-state index contributed by atoms with van der Waals surface area (Å²) in [5, 5.41) is 4.12. The number of aryl methyl sites for hydroxylation is 2. The monoisotopic (exact) mass is 303 g/mol. The first kappa shape index (κ1) is 15.7. The Bertz CT molecular complexity index is 625. The van der Waals surface area contributed by atoms with Gasteiger partial charge in [-0.05, 0) is 57.0 Å². The molecule has 0 spiro atoms. The molecule has 0 bridgehead atoms. The summed E-state index contributed by atoms with van der Waals surface area (Å²) in [7, 11) is 0. The van der Waals surface area contributed by atoms with Crippen LogP contribution in [0.1, 0.15) is 36.6 Å². The van der Waals surface area contributed by atoms with Crippen molar-refractivity contribution in [3.8, 4) is 5.75 Å². The van der Waals surface area contributed by atoms with Crippen LogP contribution in [0.25, 0.3) is 0 Å². The minimum Gasteiger partial charge on any atom is -0.492 e. The summed E-state index contributed by atoms with van der Waals surface area (Å²) in [6.07, 6.45) is 0. The van der Waals surface area contributed by atoms with Gasteiger partial charge in [0.2, 0.25) is 0 Å². The molecule has 1 atom stereocenters. The average molecular weight is 304 g/mol. The second-order valence-electron chi connectivity index (χ2n) is 5.30. The predicted octanol–water partition coefficient (Wildman–Crippen LogP) is 5.53. The summed E-state index contributed by atoms with van der Waals surface area (Å²) in [5.74, 6) is 0.726. The molecule has 2 aromatic carbocycles. The van der Waals surface area contributed by atoms with E-state index in [9.17, 15) is 0 Å². The highest BCUT2D eigenvalue weighted by atomic mass is 35.5. The maximum Gasteiger partial charge on any atom is 0.138 e. The lowest BCUT2D eigenvalue weighted by Gasteiger charge is -2.19. The molecule has 0 saturated heterocycles. The van der Waals surface area contributed by atoms with Crippen molar-refractivity contribution < 1.29 is 4.74 Å². The van der Waals surface area contributed by atoms with E-state index in [1.807, 2.05) is 25.1 Å². The molecule has 0 amide bonds. The van der Waals surface area contributed by atoms with Crippen LogP contribution in [0.4, 0.5) is 5.69 Å². The highest BCUT2D eigenvalue weighted by Gasteiger charge is 2.10. The van der Waals surface area contributed by atoms with Crippen LogP contribution in [0.15, 0.2) is 36.4 Å². The fraction of sp³-hybridized carbons (Fsp3) is 0.333. The number of hydrogen-bond acceptors (Lipinski definition) is 2. The highest BCUT2D eigenvalue weighted by molar-refractivity contribution is 6.32. The van der Waals surface area contributed by atoms with Gasteiger partial charge in [-0.2, -0.15) is 0 Å². The maximum absolute atomic E-state index is 6.22. The van der Waals surface area contributed by atoms with Gasteiger partial charge in [-0.15, -0.1) is 0 Å². The fourth-order valence-electron chi connectivity index (χ4n) is 2.50. The van der Waals surface area contributed by atoms with Crippen LogP contribution in [0, 0.1) is 13.8 Å². The van der Waals surface area contributed by atoms with Crippen molar-refractivity contribution in [3.05, 3.63) is 58.1 Å². The van der Waals surface area contributed by atoms with Gasteiger partial charge in [-0.3, -0.25) is 0 Å². The van der Waals surface area contributed by atoms with E-state index in [1.165, 1.54) is 16.7 Å². The zero-order valence-electron chi connectivity index (χ0n) is 13.0. The third-order valence-corrected chi connectivity index (χ3v) is 3.80. The van der Waals surface area contributed by atoms with Crippen molar-refractivity contribution in [3.63, 3.8) is 0 Å². The molecule has 0 saturated carbocycles. The number of hydrogen-bond donors (Lipinski definition) is 1. The van der Waals surface area contributed by atoms with E-state index in [4.69, 9.17) is 16.3 Å². The Kier molecular flexibility index (Phi) is 5.13. The van der Waals surface area contributed by atoms with Crippen LogP contribution < -0.4 is 10.1 Å². The second-order valence-corrected chi connectivity index (χ2v) is 5.71. The standard InChI is InChI=1S/C18H22ClNO/c1-5-21-18-9-7-15(11-17(18)19)20-14(4)16-8-6-12(2)10-13(16)3/h6-11,14,20H,5H2,1-4H3. The molecule has 0 fully saturated rings. The van der Waals surface area contributed by atoms with Crippen molar-refractivity contribution in [2.24, 2.45) is 0 Å². The van der Waals surface area contributed by atoms with Crippen LogP contribution in [0.5, 0.6) is 5.75 Å². The van der Waals surface area contributed by atoms with Gasteiger partial charge in [0.1, 0.15) is 5.75 Å². The van der Waals surface area contributed by atoms with Crippen molar-refractivity contribution in [2.75, 3.05) is 11.9 Å². The molecule has 112 valence electrons. The van der Waals surface area contributed by atoms with Crippen LogP contribution in [0.2, 0.25) is 5.02 Å². The predicted molar refractivity (Wildman–Crippen MR) is 90.6 cm³/mol. The van der Waals surface area contributed by atoms with Gasteiger partial charge < -0.3 is 10.1 Å². The van der Waals surface area contributed by atoms with E-state index in [0.717, 1.165) is 11.4 Å².